The lowest BCUT2D eigenvalue weighted by Gasteiger charge is -2.18. The Labute approximate surface area is 127 Å². The van der Waals surface area contributed by atoms with Crippen LogP contribution in [0.3, 0.4) is 0 Å². The van der Waals surface area contributed by atoms with Gasteiger partial charge in [0.1, 0.15) is 6.54 Å². The molecule has 1 aliphatic rings. The number of alkyl halides is 3. The van der Waals surface area contributed by atoms with Crippen molar-refractivity contribution < 1.29 is 31.2 Å². The summed E-state index contributed by atoms with van der Waals surface area (Å²) in [5, 5.41) is 1.82. The van der Waals surface area contributed by atoms with E-state index < -0.39 is 45.1 Å². The Morgan fingerprint density at radius 1 is 1.27 bits per heavy atom. The minimum absolute atomic E-state index is 0.305. The van der Waals surface area contributed by atoms with Gasteiger partial charge in [-0.1, -0.05) is 11.6 Å². The molecule has 0 atom stereocenters. The maximum Gasteiger partial charge on any atom is 0.417 e. The van der Waals surface area contributed by atoms with Crippen LogP contribution in [-0.4, -0.2) is 31.9 Å². The molecule has 0 aliphatic carbocycles. The Bertz CT molecular complexity index is 750. The number of carbonyl (C=O) groups is 2. The maximum atomic E-state index is 12.9. The first-order valence-electron chi connectivity index (χ1n) is 5.51. The first kappa shape index (κ1) is 16.5. The average Bonchev–Trinajstić information content (AvgIpc) is 2.65. The fourth-order valence-corrected chi connectivity index (χ4v) is 3.09. The second-order valence-electron chi connectivity index (χ2n) is 4.17. The Kier molecular flexibility index (Phi) is 4.06. The van der Waals surface area contributed by atoms with Crippen molar-refractivity contribution >= 4 is 33.6 Å². The topological polar surface area (TPSA) is 95.6 Å². The number of rotatable bonds is 3. The molecule has 2 rings (SSSR count). The van der Waals surface area contributed by atoms with Crippen LogP contribution in [0.25, 0.3) is 0 Å². The predicted molar refractivity (Wildman–Crippen MR) is 67.0 cm³/mol. The van der Waals surface area contributed by atoms with Crippen LogP contribution in [0.2, 0.25) is 5.02 Å². The zero-order valence-electron chi connectivity index (χ0n) is 10.4. The molecule has 0 bridgehead atoms. The number of benzene rings is 1. The second-order valence-corrected chi connectivity index (χ2v) is 6.24. The third-order valence-electron chi connectivity index (χ3n) is 2.56. The molecule has 120 valence electrons. The van der Waals surface area contributed by atoms with Crippen molar-refractivity contribution in [3.8, 4) is 0 Å². The van der Waals surface area contributed by atoms with E-state index in [0.717, 1.165) is 6.07 Å². The molecule has 0 aromatic heterocycles. The van der Waals surface area contributed by atoms with Crippen LogP contribution >= 0.6 is 11.6 Å². The molecular weight excluding hydrogens is 351 g/mol. The van der Waals surface area contributed by atoms with Crippen molar-refractivity contribution in [3.05, 3.63) is 28.8 Å². The van der Waals surface area contributed by atoms with Crippen LogP contribution in [-0.2, 0) is 21.0 Å². The quantitative estimate of drug-likeness (QED) is 0.792. The van der Waals surface area contributed by atoms with E-state index in [1.165, 1.54) is 0 Å². The zero-order valence-corrected chi connectivity index (χ0v) is 12.0. The highest BCUT2D eigenvalue weighted by atomic mass is 35.5. The maximum absolute atomic E-state index is 12.9. The third-order valence-corrected chi connectivity index (χ3v) is 4.19. The van der Waals surface area contributed by atoms with Crippen molar-refractivity contribution in [1.29, 1.82) is 0 Å². The Balaban J connectivity index is 2.42. The fourth-order valence-electron chi connectivity index (χ4n) is 1.67. The molecule has 12 heteroatoms. The van der Waals surface area contributed by atoms with Gasteiger partial charge >= 0.3 is 12.2 Å². The lowest BCUT2D eigenvalue weighted by Crippen LogP contribution is -2.44. The van der Waals surface area contributed by atoms with Gasteiger partial charge in [-0.3, -0.25) is 10.1 Å². The van der Waals surface area contributed by atoms with Gasteiger partial charge in [-0.05, 0) is 18.2 Å². The van der Waals surface area contributed by atoms with Crippen molar-refractivity contribution in [1.82, 2.24) is 15.2 Å². The fraction of sp³-hybridized carbons (Fsp3) is 0.200. The third kappa shape index (κ3) is 3.31. The number of hydrazine groups is 1. The normalized spacial score (nSPS) is 16.1. The van der Waals surface area contributed by atoms with E-state index in [0.29, 0.717) is 17.1 Å². The molecule has 0 saturated carbocycles. The van der Waals surface area contributed by atoms with Crippen LogP contribution in [0.15, 0.2) is 23.1 Å². The van der Waals surface area contributed by atoms with Gasteiger partial charge in [0.15, 0.2) is 0 Å². The van der Waals surface area contributed by atoms with E-state index in [2.05, 4.69) is 0 Å². The molecule has 2 N–H and O–H groups in total. The van der Waals surface area contributed by atoms with E-state index >= 15 is 0 Å². The van der Waals surface area contributed by atoms with Gasteiger partial charge < -0.3 is 0 Å². The van der Waals surface area contributed by atoms with Gasteiger partial charge in [-0.15, -0.1) is 4.83 Å². The van der Waals surface area contributed by atoms with Crippen LogP contribution in [0.5, 0.6) is 0 Å². The SMILES string of the molecule is O=C1CN(NS(=O)(=O)c2ccc(Cl)cc2C(F)(F)F)C(=O)N1. The standard InChI is InChI=1S/C10H7ClF3N3O4S/c11-5-1-2-7(6(3-5)10(12,13)14)22(20,21)16-17-4-8(18)15-9(17)19/h1-3,16H,4H2,(H,15,18,19). The number of urea groups is 1. The molecule has 1 aromatic carbocycles. The molecule has 3 amide bonds. The monoisotopic (exact) mass is 357 g/mol. The Morgan fingerprint density at radius 2 is 1.91 bits per heavy atom. The summed E-state index contributed by atoms with van der Waals surface area (Å²) >= 11 is 5.45. The first-order chi connectivity index (χ1) is 10.0. The molecular formula is C10H7ClF3N3O4S. The largest absolute Gasteiger partial charge is 0.417 e. The molecule has 1 aromatic rings. The minimum Gasteiger partial charge on any atom is -0.275 e. The van der Waals surface area contributed by atoms with Gasteiger partial charge in [0.2, 0.25) is 5.91 Å². The summed E-state index contributed by atoms with van der Waals surface area (Å²) in [6.07, 6.45) is -4.97. The summed E-state index contributed by atoms with van der Waals surface area (Å²) in [4.78, 5) is 22.7. The van der Waals surface area contributed by atoms with Gasteiger partial charge in [-0.2, -0.15) is 13.2 Å². The number of imide groups is 1. The zero-order chi connectivity index (χ0) is 16.7. The summed E-state index contributed by atoms with van der Waals surface area (Å²) in [5.41, 5.74) is -1.49. The van der Waals surface area contributed by atoms with E-state index in [4.69, 9.17) is 11.6 Å². The molecule has 7 nitrogen and oxygen atoms in total. The van der Waals surface area contributed by atoms with Crippen molar-refractivity contribution in [2.45, 2.75) is 11.1 Å². The number of halogens is 4. The number of carbonyl (C=O) groups excluding carboxylic acids is 2. The Hall–Kier alpha value is -1.85. The smallest absolute Gasteiger partial charge is 0.275 e. The molecule has 1 heterocycles. The van der Waals surface area contributed by atoms with Crippen molar-refractivity contribution in [3.63, 3.8) is 0 Å². The summed E-state index contributed by atoms with van der Waals surface area (Å²) < 4.78 is 62.8. The summed E-state index contributed by atoms with van der Waals surface area (Å²) in [5.74, 6) is -0.792. The molecule has 1 aliphatic heterocycles. The van der Waals surface area contributed by atoms with E-state index in [1.54, 1.807) is 10.1 Å². The predicted octanol–water partition coefficient (Wildman–Crippen LogP) is 1.10. The molecule has 1 fully saturated rings. The second kappa shape index (κ2) is 5.41. The minimum atomic E-state index is -4.97. The van der Waals surface area contributed by atoms with Gasteiger partial charge in [0.25, 0.3) is 10.0 Å². The summed E-state index contributed by atoms with van der Waals surface area (Å²) in [7, 11) is -4.75. The summed E-state index contributed by atoms with van der Waals surface area (Å²) in [6, 6.07) is 0.978. The lowest BCUT2D eigenvalue weighted by atomic mass is 10.2. The number of sulfonamides is 1. The van der Waals surface area contributed by atoms with Crippen molar-refractivity contribution in [2.75, 3.05) is 6.54 Å². The van der Waals surface area contributed by atoms with E-state index in [1.807, 2.05) is 0 Å². The molecule has 1 saturated heterocycles. The number of amides is 3. The van der Waals surface area contributed by atoms with Gasteiger partial charge in [0, 0.05) is 5.02 Å². The highest BCUT2D eigenvalue weighted by Gasteiger charge is 2.39. The lowest BCUT2D eigenvalue weighted by molar-refractivity contribution is -0.139. The molecule has 0 spiro atoms. The number of hydrogen-bond acceptors (Lipinski definition) is 4. The average molecular weight is 358 g/mol. The highest BCUT2D eigenvalue weighted by Crippen LogP contribution is 2.35. The van der Waals surface area contributed by atoms with Crippen LogP contribution < -0.4 is 10.1 Å². The van der Waals surface area contributed by atoms with E-state index in [9.17, 15) is 31.2 Å². The van der Waals surface area contributed by atoms with Crippen LogP contribution in [0.1, 0.15) is 5.56 Å². The Morgan fingerprint density at radius 3 is 2.41 bits per heavy atom. The van der Waals surface area contributed by atoms with Gasteiger partial charge in [-0.25, -0.2) is 18.2 Å². The van der Waals surface area contributed by atoms with Gasteiger partial charge in [0.05, 0.1) is 10.5 Å². The highest BCUT2D eigenvalue weighted by molar-refractivity contribution is 7.89. The summed E-state index contributed by atoms with van der Waals surface area (Å²) in [6.45, 7) is -0.646. The molecule has 22 heavy (non-hydrogen) atoms. The van der Waals surface area contributed by atoms with Crippen LogP contribution in [0.4, 0.5) is 18.0 Å². The molecule has 0 unspecified atom stereocenters. The van der Waals surface area contributed by atoms with Crippen molar-refractivity contribution in [2.24, 2.45) is 0 Å². The number of nitrogens with zero attached hydrogens (tertiary/aromatic N) is 1. The molecule has 0 radical (unpaired) electrons. The first-order valence-corrected chi connectivity index (χ1v) is 7.37. The van der Waals surface area contributed by atoms with E-state index in [-0.39, 0.29) is 5.02 Å². The van der Waals surface area contributed by atoms with Crippen LogP contribution in [0, 0.1) is 0 Å². The number of nitrogens with one attached hydrogen (secondary N) is 2. The number of hydrogen-bond donors (Lipinski definition) is 2.